The first-order chi connectivity index (χ1) is 10.1. The summed E-state index contributed by atoms with van der Waals surface area (Å²) >= 11 is 0. The molecule has 0 bridgehead atoms. The second-order valence-electron chi connectivity index (χ2n) is 6.24. The summed E-state index contributed by atoms with van der Waals surface area (Å²) in [5, 5.41) is 7.26. The Balaban J connectivity index is 2.56. The quantitative estimate of drug-likeness (QED) is 0.728. The third-order valence-corrected chi connectivity index (χ3v) is 4.45. The smallest absolute Gasteiger partial charge is 0.224 e. The Morgan fingerprint density at radius 3 is 2.50 bits per heavy atom. The van der Waals surface area contributed by atoms with E-state index >= 15 is 0 Å². The Kier molecular flexibility index (Phi) is 6.59. The van der Waals surface area contributed by atoms with E-state index in [0.717, 1.165) is 23.5 Å². The number of nitrogens with one attached hydrogen (secondary N) is 1. The van der Waals surface area contributed by atoms with Crippen LogP contribution in [-0.2, 0) is 27.6 Å². The van der Waals surface area contributed by atoms with Gasteiger partial charge in [0.25, 0.3) is 0 Å². The number of aromatic nitrogens is 2. The Labute approximate surface area is 133 Å². The number of hydrogen-bond acceptors (Lipinski definition) is 4. The molecule has 1 rings (SSSR count). The molecule has 1 amide bonds. The van der Waals surface area contributed by atoms with Gasteiger partial charge in [-0.25, -0.2) is 8.42 Å². The fourth-order valence-corrected chi connectivity index (χ4v) is 2.97. The molecule has 126 valence electrons. The van der Waals surface area contributed by atoms with Crippen LogP contribution in [0, 0.1) is 19.8 Å². The lowest BCUT2D eigenvalue weighted by molar-refractivity contribution is -0.120. The lowest BCUT2D eigenvalue weighted by Crippen LogP contribution is -2.27. The zero-order valence-corrected chi connectivity index (χ0v) is 15.0. The van der Waals surface area contributed by atoms with Crippen LogP contribution in [-0.4, -0.2) is 42.7 Å². The second kappa shape index (κ2) is 7.76. The van der Waals surface area contributed by atoms with Gasteiger partial charge in [0, 0.05) is 30.6 Å². The predicted octanol–water partition coefficient (Wildman–Crippen LogP) is 1.25. The highest BCUT2D eigenvalue weighted by molar-refractivity contribution is 7.90. The number of nitrogens with zero attached hydrogens (tertiary/aromatic N) is 2. The van der Waals surface area contributed by atoms with Crippen molar-refractivity contribution in [1.82, 2.24) is 15.1 Å². The minimum absolute atomic E-state index is 0.0937. The summed E-state index contributed by atoms with van der Waals surface area (Å²) < 4.78 is 24.0. The van der Waals surface area contributed by atoms with Gasteiger partial charge in [-0.3, -0.25) is 9.48 Å². The third kappa shape index (κ3) is 6.17. The maximum atomic E-state index is 12.0. The van der Waals surface area contributed by atoms with Crippen LogP contribution >= 0.6 is 0 Å². The molecule has 0 aromatic carbocycles. The van der Waals surface area contributed by atoms with E-state index in [9.17, 15) is 13.2 Å². The number of rotatable bonds is 8. The first-order valence-electron chi connectivity index (χ1n) is 7.57. The monoisotopic (exact) mass is 329 g/mol. The van der Waals surface area contributed by atoms with Gasteiger partial charge in [0.05, 0.1) is 17.9 Å². The second-order valence-corrected chi connectivity index (χ2v) is 8.50. The van der Waals surface area contributed by atoms with Gasteiger partial charge in [-0.15, -0.1) is 0 Å². The maximum absolute atomic E-state index is 12.0. The Hall–Kier alpha value is -1.37. The van der Waals surface area contributed by atoms with Crippen molar-refractivity contribution in [3.63, 3.8) is 0 Å². The van der Waals surface area contributed by atoms with Gasteiger partial charge >= 0.3 is 0 Å². The largest absolute Gasteiger partial charge is 0.356 e. The van der Waals surface area contributed by atoms with Crippen LogP contribution in [0.1, 0.15) is 37.2 Å². The highest BCUT2D eigenvalue weighted by Crippen LogP contribution is 2.15. The van der Waals surface area contributed by atoms with Crippen molar-refractivity contribution in [2.45, 2.75) is 47.1 Å². The minimum Gasteiger partial charge on any atom is -0.356 e. The van der Waals surface area contributed by atoms with Gasteiger partial charge in [-0.1, -0.05) is 13.8 Å². The Morgan fingerprint density at radius 1 is 1.32 bits per heavy atom. The van der Waals surface area contributed by atoms with Gasteiger partial charge in [0.2, 0.25) is 5.91 Å². The van der Waals surface area contributed by atoms with Crippen LogP contribution in [0.15, 0.2) is 0 Å². The summed E-state index contributed by atoms with van der Waals surface area (Å²) in [6, 6.07) is 0. The number of hydrogen-bond donors (Lipinski definition) is 1. The van der Waals surface area contributed by atoms with Gasteiger partial charge in [0.1, 0.15) is 9.84 Å². The number of aryl methyl sites for hydroxylation is 1. The topological polar surface area (TPSA) is 81.1 Å². The standard InChI is InChI=1S/C15H27N3O3S/c1-11(2)10-18-13(4)14(12(3)17-18)9-15(19)16-7-6-8-22(5,20)21/h11H,6-10H2,1-5H3,(H,16,19). The van der Waals surface area contributed by atoms with E-state index in [4.69, 9.17) is 0 Å². The number of sulfone groups is 1. The normalized spacial score (nSPS) is 11.9. The van der Waals surface area contributed by atoms with Crippen molar-refractivity contribution in [3.05, 3.63) is 17.0 Å². The average Bonchev–Trinajstić information content (AvgIpc) is 2.61. The van der Waals surface area contributed by atoms with Crippen molar-refractivity contribution in [3.8, 4) is 0 Å². The van der Waals surface area contributed by atoms with Gasteiger partial charge in [-0.05, 0) is 26.2 Å². The highest BCUT2D eigenvalue weighted by atomic mass is 32.2. The van der Waals surface area contributed by atoms with Crippen LogP contribution in [0.3, 0.4) is 0 Å². The number of carbonyl (C=O) groups excluding carboxylic acids is 1. The van der Waals surface area contributed by atoms with Crippen LogP contribution in [0.2, 0.25) is 0 Å². The van der Waals surface area contributed by atoms with E-state index in [1.165, 1.54) is 6.26 Å². The first kappa shape index (κ1) is 18.7. The molecule has 0 saturated carbocycles. The first-order valence-corrected chi connectivity index (χ1v) is 9.63. The molecule has 0 fully saturated rings. The zero-order chi connectivity index (χ0) is 16.9. The molecule has 0 saturated heterocycles. The summed E-state index contributed by atoms with van der Waals surface area (Å²) in [5.74, 6) is 0.497. The minimum atomic E-state index is -2.97. The molecule has 1 aromatic rings. The molecule has 0 unspecified atom stereocenters. The van der Waals surface area contributed by atoms with Crippen molar-refractivity contribution < 1.29 is 13.2 Å². The molecule has 1 heterocycles. The molecule has 0 aliphatic carbocycles. The van der Waals surface area contributed by atoms with Crippen molar-refractivity contribution in [1.29, 1.82) is 0 Å². The highest BCUT2D eigenvalue weighted by Gasteiger charge is 2.15. The fourth-order valence-electron chi connectivity index (χ4n) is 2.30. The van der Waals surface area contributed by atoms with Gasteiger partial charge < -0.3 is 5.32 Å². The van der Waals surface area contributed by atoms with E-state index in [-0.39, 0.29) is 18.1 Å². The molecule has 1 N–H and O–H groups in total. The van der Waals surface area contributed by atoms with E-state index in [1.807, 2.05) is 18.5 Å². The number of amides is 1. The average molecular weight is 329 g/mol. The summed E-state index contributed by atoms with van der Waals surface area (Å²) in [7, 11) is -2.97. The molecule has 0 aliphatic rings. The molecular formula is C15H27N3O3S. The van der Waals surface area contributed by atoms with E-state index < -0.39 is 9.84 Å². The lowest BCUT2D eigenvalue weighted by Gasteiger charge is -2.08. The van der Waals surface area contributed by atoms with E-state index in [1.54, 1.807) is 0 Å². The molecule has 22 heavy (non-hydrogen) atoms. The fraction of sp³-hybridized carbons (Fsp3) is 0.733. The van der Waals surface area contributed by atoms with Crippen LogP contribution in [0.5, 0.6) is 0 Å². The number of carbonyl (C=O) groups is 1. The SMILES string of the molecule is Cc1nn(CC(C)C)c(C)c1CC(=O)NCCCS(C)(=O)=O. The van der Waals surface area contributed by atoms with Gasteiger partial charge in [0.15, 0.2) is 0 Å². The lowest BCUT2D eigenvalue weighted by atomic mass is 10.1. The third-order valence-electron chi connectivity index (χ3n) is 3.42. The van der Waals surface area contributed by atoms with E-state index in [2.05, 4.69) is 24.3 Å². The molecular weight excluding hydrogens is 302 g/mol. The van der Waals surface area contributed by atoms with Crippen LogP contribution < -0.4 is 5.32 Å². The van der Waals surface area contributed by atoms with Crippen molar-refractivity contribution >= 4 is 15.7 Å². The van der Waals surface area contributed by atoms with Crippen LogP contribution in [0.4, 0.5) is 0 Å². The summed E-state index contributed by atoms with van der Waals surface area (Å²) in [6.45, 7) is 9.37. The van der Waals surface area contributed by atoms with Crippen molar-refractivity contribution in [2.24, 2.45) is 5.92 Å². The van der Waals surface area contributed by atoms with Gasteiger partial charge in [-0.2, -0.15) is 5.10 Å². The van der Waals surface area contributed by atoms with E-state index in [0.29, 0.717) is 18.9 Å². The molecule has 0 aliphatic heterocycles. The van der Waals surface area contributed by atoms with Crippen molar-refractivity contribution in [2.75, 3.05) is 18.6 Å². The molecule has 0 spiro atoms. The predicted molar refractivity (Wildman–Crippen MR) is 87.6 cm³/mol. The molecule has 6 nitrogen and oxygen atoms in total. The molecule has 0 atom stereocenters. The Bertz CT molecular complexity index is 618. The summed E-state index contributed by atoms with van der Waals surface area (Å²) in [5.41, 5.74) is 2.86. The summed E-state index contributed by atoms with van der Waals surface area (Å²) in [4.78, 5) is 12.0. The maximum Gasteiger partial charge on any atom is 0.224 e. The zero-order valence-electron chi connectivity index (χ0n) is 14.1. The van der Waals surface area contributed by atoms with Crippen LogP contribution in [0.25, 0.3) is 0 Å². The summed E-state index contributed by atoms with van der Waals surface area (Å²) in [6.07, 6.45) is 1.93. The molecule has 7 heteroatoms. The molecule has 1 aromatic heterocycles. The Morgan fingerprint density at radius 2 is 1.95 bits per heavy atom. The molecule has 0 radical (unpaired) electrons.